The molecule has 10 heteroatoms. The summed E-state index contributed by atoms with van der Waals surface area (Å²) in [5.41, 5.74) is 9.03. The largest absolute Gasteiger partial charge is 0.392 e. The molecule has 10 nitrogen and oxygen atoms in total. The highest BCUT2D eigenvalue weighted by Crippen LogP contribution is 2.39. The molecule has 4 aromatic rings. The molecule has 2 aliphatic rings. The molecule has 2 amide bonds. The van der Waals surface area contributed by atoms with Gasteiger partial charge in [0.25, 0.3) is 0 Å². The number of aliphatic hydroxyl groups excluding tert-OH is 1. The first-order valence-electron chi connectivity index (χ1n) is 18.8. The average molecular weight is 721 g/mol. The predicted molar refractivity (Wildman–Crippen MR) is 203 cm³/mol. The molecule has 0 saturated carbocycles. The van der Waals surface area contributed by atoms with E-state index < -0.39 is 12.2 Å². The van der Waals surface area contributed by atoms with Crippen molar-refractivity contribution in [2.45, 2.75) is 76.7 Å². The van der Waals surface area contributed by atoms with Crippen LogP contribution in [0.4, 0.5) is 0 Å². The molecular formula is C43H52N4O6. The average Bonchev–Trinajstić information content (AvgIpc) is 3.21. The van der Waals surface area contributed by atoms with E-state index in [4.69, 9.17) is 14.7 Å². The van der Waals surface area contributed by atoms with Gasteiger partial charge in [-0.25, -0.2) is 5.48 Å². The van der Waals surface area contributed by atoms with Crippen molar-refractivity contribution >= 4 is 11.8 Å². The number of hydroxylamine groups is 1. The Bertz CT molecular complexity index is 1730. The van der Waals surface area contributed by atoms with Gasteiger partial charge in [-0.05, 0) is 52.3 Å². The van der Waals surface area contributed by atoms with Crippen molar-refractivity contribution in [3.8, 4) is 11.1 Å². The number of benzene rings is 4. The van der Waals surface area contributed by atoms with E-state index in [1.807, 2.05) is 24.3 Å². The normalized spacial score (nSPS) is 19.5. The highest BCUT2D eigenvalue weighted by Gasteiger charge is 2.34. The van der Waals surface area contributed by atoms with Crippen molar-refractivity contribution in [3.63, 3.8) is 0 Å². The highest BCUT2D eigenvalue weighted by molar-refractivity contribution is 5.76. The molecule has 6 rings (SSSR count). The first-order chi connectivity index (χ1) is 25.9. The minimum absolute atomic E-state index is 0.00345. The number of nitrogens with one attached hydrogen (secondary N) is 2. The summed E-state index contributed by atoms with van der Waals surface area (Å²) in [6.07, 6.45) is 2.82. The third-order valence-electron chi connectivity index (χ3n) is 10.2. The van der Waals surface area contributed by atoms with Gasteiger partial charge >= 0.3 is 0 Å². The van der Waals surface area contributed by atoms with Gasteiger partial charge in [0.05, 0.1) is 18.8 Å². The summed E-state index contributed by atoms with van der Waals surface area (Å²) in [7, 11) is 0. The Morgan fingerprint density at radius 3 is 2.08 bits per heavy atom. The summed E-state index contributed by atoms with van der Waals surface area (Å²) in [6, 6.07) is 35.2. The number of hydrogen-bond donors (Lipinski definition) is 4. The smallest absolute Gasteiger partial charge is 0.243 e. The minimum Gasteiger partial charge on any atom is -0.392 e. The number of piperazine rings is 1. The molecule has 2 heterocycles. The van der Waals surface area contributed by atoms with E-state index in [9.17, 15) is 14.7 Å². The van der Waals surface area contributed by atoms with Crippen molar-refractivity contribution < 1.29 is 29.4 Å². The van der Waals surface area contributed by atoms with Gasteiger partial charge in [-0.2, -0.15) is 0 Å². The van der Waals surface area contributed by atoms with Gasteiger partial charge in [0.1, 0.15) is 0 Å². The van der Waals surface area contributed by atoms with Crippen LogP contribution in [0.25, 0.3) is 11.1 Å². The molecule has 3 atom stereocenters. The Hall–Kier alpha value is -4.42. The molecule has 0 radical (unpaired) electrons. The fourth-order valence-electron chi connectivity index (χ4n) is 7.08. The Labute approximate surface area is 312 Å². The number of aliphatic hydroxyl groups is 1. The third-order valence-corrected chi connectivity index (χ3v) is 10.2. The number of amides is 2. The zero-order chi connectivity index (χ0) is 36.8. The van der Waals surface area contributed by atoms with Gasteiger partial charge in [-0.15, -0.1) is 0 Å². The second-order valence-electron chi connectivity index (χ2n) is 14.1. The van der Waals surface area contributed by atoms with Crippen LogP contribution in [0, 0.1) is 0 Å². The van der Waals surface area contributed by atoms with Crippen molar-refractivity contribution in [2.75, 3.05) is 32.7 Å². The van der Waals surface area contributed by atoms with Crippen molar-refractivity contribution in [2.24, 2.45) is 0 Å². The minimum atomic E-state index is -0.516. The molecule has 0 aromatic heterocycles. The van der Waals surface area contributed by atoms with Crippen molar-refractivity contribution in [3.05, 3.63) is 131 Å². The van der Waals surface area contributed by atoms with E-state index in [2.05, 4.69) is 94.0 Å². The molecule has 2 aliphatic heterocycles. The lowest BCUT2D eigenvalue weighted by Gasteiger charge is -2.40. The molecule has 0 bridgehead atoms. The van der Waals surface area contributed by atoms with E-state index in [0.717, 1.165) is 85.5 Å². The van der Waals surface area contributed by atoms with E-state index in [1.165, 1.54) is 5.56 Å². The van der Waals surface area contributed by atoms with Gasteiger partial charge in [-0.1, -0.05) is 103 Å². The molecule has 53 heavy (non-hydrogen) atoms. The van der Waals surface area contributed by atoms with Crippen LogP contribution in [0.15, 0.2) is 103 Å². The molecule has 2 fully saturated rings. The number of ether oxygens (including phenoxy) is 2. The SMILES string of the molecule is O=C(CCCCCC(=O)NCc1cccc(-c2ccc([C@H]3O[C@@H](CN4CCN(Cc5ccccc5)CC4)C[C@@H](c4ccc(CO)cc4)O3)cc2)c1)NO. The van der Waals surface area contributed by atoms with Gasteiger partial charge in [-0.3, -0.25) is 24.6 Å². The van der Waals surface area contributed by atoms with Gasteiger partial charge in [0.2, 0.25) is 11.8 Å². The molecule has 4 N–H and O–H groups in total. The molecule has 0 aliphatic carbocycles. The number of hydrogen-bond acceptors (Lipinski definition) is 8. The standard InChI is InChI=1S/C43H52N4O6/c48-31-33-14-16-36(17-15-33)40-27-39(30-47-24-22-46(23-25-47)29-32-8-3-1-4-9-32)52-43(53-40)37-20-18-35(19-21-37)38-11-7-10-34(26-38)28-44-41(49)12-5-2-6-13-42(50)45-51/h1,3-4,7-11,14-21,26,39-40,43,48,51H,2,5-6,12-13,22-25,27-31H2,(H,44,49)(H,45,50)/t39-,40+,43+/m1/s1. The van der Waals surface area contributed by atoms with Gasteiger partial charge < -0.3 is 19.9 Å². The zero-order valence-electron chi connectivity index (χ0n) is 30.4. The van der Waals surface area contributed by atoms with Crippen LogP contribution in [0.1, 0.15) is 78.7 Å². The topological polar surface area (TPSA) is 124 Å². The second kappa shape index (κ2) is 19.6. The fraction of sp³-hybridized carbons (Fsp3) is 0.395. The van der Waals surface area contributed by atoms with Crippen LogP contribution in [-0.4, -0.2) is 70.8 Å². The highest BCUT2D eigenvalue weighted by atomic mass is 16.7. The fourth-order valence-corrected chi connectivity index (χ4v) is 7.08. The maximum Gasteiger partial charge on any atom is 0.243 e. The molecule has 0 spiro atoms. The Kier molecular flexibility index (Phi) is 14.2. The predicted octanol–water partition coefficient (Wildman–Crippen LogP) is 6.28. The molecule has 280 valence electrons. The van der Waals surface area contributed by atoms with Crippen molar-refractivity contribution in [1.29, 1.82) is 0 Å². The lowest BCUT2D eigenvalue weighted by Crippen LogP contribution is -2.49. The van der Waals surface area contributed by atoms with E-state index in [1.54, 1.807) is 5.48 Å². The van der Waals surface area contributed by atoms with E-state index in [-0.39, 0.29) is 31.1 Å². The van der Waals surface area contributed by atoms with Crippen LogP contribution in [0.5, 0.6) is 0 Å². The molecular weight excluding hydrogens is 668 g/mol. The van der Waals surface area contributed by atoms with Gasteiger partial charge in [0, 0.05) is 70.6 Å². The van der Waals surface area contributed by atoms with Crippen LogP contribution in [-0.2, 0) is 38.8 Å². The summed E-state index contributed by atoms with van der Waals surface area (Å²) >= 11 is 0. The van der Waals surface area contributed by atoms with Crippen LogP contribution in [0.3, 0.4) is 0 Å². The second-order valence-corrected chi connectivity index (χ2v) is 14.1. The van der Waals surface area contributed by atoms with Crippen LogP contribution >= 0.6 is 0 Å². The first kappa shape index (κ1) is 38.3. The third kappa shape index (κ3) is 11.5. The van der Waals surface area contributed by atoms with Crippen LogP contribution < -0.4 is 10.8 Å². The van der Waals surface area contributed by atoms with Crippen LogP contribution in [0.2, 0.25) is 0 Å². The monoisotopic (exact) mass is 720 g/mol. The first-order valence-corrected chi connectivity index (χ1v) is 18.8. The maximum atomic E-state index is 12.4. The summed E-state index contributed by atoms with van der Waals surface area (Å²) in [5, 5.41) is 21.2. The lowest BCUT2D eigenvalue weighted by molar-refractivity contribution is -0.253. The number of carbonyl (C=O) groups is 2. The summed E-state index contributed by atoms with van der Waals surface area (Å²) < 4.78 is 13.3. The quantitative estimate of drug-likeness (QED) is 0.0606. The lowest BCUT2D eigenvalue weighted by atomic mass is 9.98. The van der Waals surface area contributed by atoms with E-state index >= 15 is 0 Å². The molecule has 0 unspecified atom stereocenters. The number of rotatable bonds is 16. The molecule has 2 saturated heterocycles. The van der Waals surface area contributed by atoms with E-state index in [0.29, 0.717) is 25.8 Å². The van der Waals surface area contributed by atoms with Gasteiger partial charge in [0.15, 0.2) is 6.29 Å². The number of carbonyl (C=O) groups excluding carboxylic acids is 2. The Morgan fingerprint density at radius 1 is 0.679 bits per heavy atom. The zero-order valence-corrected chi connectivity index (χ0v) is 30.4. The Balaban J connectivity index is 1.05. The number of unbranched alkanes of at least 4 members (excludes halogenated alkanes) is 2. The Morgan fingerprint density at radius 2 is 1.36 bits per heavy atom. The number of nitrogens with zero attached hydrogens (tertiary/aromatic N) is 2. The summed E-state index contributed by atoms with van der Waals surface area (Å²) in [6.45, 7) is 6.32. The summed E-state index contributed by atoms with van der Waals surface area (Å²) in [5.74, 6) is -0.427. The molecule has 4 aromatic carbocycles. The summed E-state index contributed by atoms with van der Waals surface area (Å²) in [4.78, 5) is 28.6. The maximum absolute atomic E-state index is 12.4. The van der Waals surface area contributed by atoms with Crippen molar-refractivity contribution in [1.82, 2.24) is 20.6 Å².